The molecule has 12 rings (SSSR count). The van der Waals surface area contributed by atoms with E-state index in [1.165, 1.54) is 107 Å². The van der Waals surface area contributed by atoms with Crippen LogP contribution < -0.4 is 4.90 Å². The third-order valence-corrected chi connectivity index (χ3v) is 15.3. The molecule has 0 radical (unpaired) electrons. The number of rotatable bonds is 5. The van der Waals surface area contributed by atoms with Crippen molar-refractivity contribution < 1.29 is 0 Å². The van der Waals surface area contributed by atoms with E-state index in [2.05, 4.69) is 172 Å². The first-order chi connectivity index (χ1) is 26.7. The number of benzene rings is 6. The molecule has 0 N–H and O–H groups in total. The zero-order valence-corrected chi connectivity index (χ0v) is 33.0. The van der Waals surface area contributed by atoms with Crippen LogP contribution in [-0.4, -0.2) is 0 Å². The number of hydrogen-bond donors (Lipinski definition) is 0. The van der Waals surface area contributed by atoms with Gasteiger partial charge in [0.1, 0.15) is 0 Å². The van der Waals surface area contributed by atoms with Crippen LogP contribution in [0.15, 0.2) is 140 Å². The van der Waals surface area contributed by atoms with Crippen molar-refractivity contribution >= 4 is 17.1 Å². The second-order valence-corrected chi connectivity index (χ2v) is 19.3. The summed E-state index contributed by atoms with van der Waals surface area (Å²) in [6.07, 6.45) is 9.50. The molecule has 0 unspecified atom stereocenters. The average molecular weight is 716 g/mol. The molecule has 0 saturated heterocycles. The largest absolute Gasteiger partial charge is 0.310 e. The fourth-order valence-corrected chi connectivity index (χ4v) is 12.8. The summed E-state index contributed by atoms with van der Waals surface area (Å²) in [5, 5.41) is 0. The van der Waals surface area contributed by atoms with E-state index < -0.39 is 0 Å². The normalized spacial score (nSPS) is 26.0. The van der Waals surface area contributed by atoms with E-state index in [1.807, 2.05) is 0 Å². The van der Waals surface area contributed by atoms with Crippen molar-refractivity contribution in [3.8, 4) is 33.4 Å². The maximum absolute atomic E-state index is 2.66. The molecule has 4 saturated carbocycles. The van der Waals surface area contributed by atoms with Gasteiger partial charge < -0.3 is 4.90 Å². The molecule has 6 aliphatic carbocycles. The summed E-state index contributed by atoms with van der Waals surface area (Å²) in [5.41, 5.74) is 18.4. The van der Waals surface area contributed by atoms with Gasteiger partial charge in [-0.3, -0.25) is 0 Å². The summed E-state index contributed by atoms with van der Waals surface area (Å²) >= 11 is 0. The van der Waals surface area contributed by atoms with Crippen molar-refractivity contribution in [2.24, 2.45) is 23.7 Å². The van der Waals surface area contributed by atoms with Gasteiger partial charge in [-0.05, 0) is 178 Å². The Morgan fingerprint density at radius 1 is 0.400 bits per heavy atom. The fourth-order valence-electron chi connectivity index (χ4n) is 12.8. The Balaban J connectivity index is 1.07. The molecular formula is C54H53N. The van der Waals surface area contributed by atoms with Gasteiger partial charge in [-0.1, -0.05) is 125 Å². The van der Waals surface area contributed by atoms with Crippen molar-refractivity contribution in [2.45, 2.75) is 88.9 Å². The van der Waals surface area contributed by atoms with Crippen LogP contribution in [0.2, 0.25) is 0 Å². The SMILES string of the molecule is CC1(C)CCC(C)(C)c2cc(N(c3ccc(-c4cccc(-c5ccccc5)c4)cc3)c3ccc4c(c3)C3(c5ccccc5-4)C4CC5CC(C4)CC3C5)ccc21. The molecule has 4 fully saturated rings. The summed E-state index contributed by atoms with van der Waals surface area (Å²) in [5.74, 6) is 3.35. The maximum atomic E-state index is 2.66. The van der Waals surface area contributed by atoms with Gasteiger partial charge in [-0.25, -0.2) is 0 Å². The van der Waals surface area contributed by atoms with Gasteiger partial charge in [-0.2, -0.15) is 0 Å². The van der Waals surface area contributed by atoms with E-state index in [4.69, 9.17) is 0 Å². The Morgan fingerprint density at radius 3 is 1.62 bits per heavy atom. The van der Waals surface area contributed by atoms with Crippen LogP contribution in [0.1, 0.15) is 94.9 Å². The summed E-state index contributed by atoms with van der Waals surface area (Å²) in [6.45, 7) is 9.78. The predicted octanol–water partition coefficient (Wildman–Crippen LogP) is 14.6. The monoisotopic (exact) mass is 715 g/mol. The molecular weight excluding hydrogens is 663 g/mol. The van der Waals surface area contributed by atoms with Gasteiger partial charge in [0.05, 0.1) is 0 Å². The van der Waals surface area contributed by atoms with Gasteiger partial charge in [0.15, 0.2) is 0 Å². The highest BCUT2D eigenvalue weighted by Crippen LogP contribution is 2.69. The molecule has 6 aromatic rings. The molecule has 55 heavy (non-hydrogen) atoms. The molecule has 0 aliphatic heterocycles. The first-order valence-corrected chi connectivity index (χ1v) is 21.1. The summed E-state index contributed by atoms with van der Waals surface area (Å²) in [4.78, 5) is 2.58. The molecule has 1 heteroatoms. The van der Waals surface area contributed by atoms with E-state index in [1.54, 1.807) is 11.1 Å². The highest BCUT2D eigenvalue weighted by atomic mass is 15.1. The number of hydrogen-bond acceptors (Lipinski definition) is 1. The van der Waals surface area contributed by atoms with E-state index in [-0.39, 0.29) is 16.2 Å². The van der Waals surface area contributed by atoms with Gasteiger partial charge in [-0.15, -0.1) is 0 Å². The molecule has 1 spiro atoms. The first kappa shape index (κ1) is 33.5. The van der Waals surface area contributed by atoms with Crippen LogP contribution in [0.3, 0.4) is 0 Å². The highest BCUT2D eigenvalue weighted by molar-refractivity contribution is 5.87. The van der Waals surface area contributed by atoms with Crippen LogP contribution in [0.4, 0.5) is 17.1 Å². The third kappa shape index (κ3) is 5.04. The van der Waals surface area contributed by atoms with Crippen LogP contribution in [-0.2, 0) is 16.2 Å². The Bertz CT molecular complexity index is 2420. The van der Waals surface area contributed by atoms with Gasteiger partial charge in [0.2, 0.25) is 0 Å². The minimum atomic E-state index is 0.129. The van der Waals surface area contributed by atoms with Gasteiger partial charge in [0.25, 0.3) is 0 Å². The van der Waals surface area contributed by atoms with Crippen molar-refractivity contribution in [3.63, 3.8) is 0 Å². The van der Waals surface area contributed by atoms with Crippen molar-refractivity contribution in [3.05, 3.63) is 162 Å². The lowest BCUT2D eigenvalue weighted by Crippen LogP contribution is -2.55. The molecule has 0 atom stereocenters. The smallest absolute Gasteiger partial charge is 0.0465 e. The van der Waals surface area contributed by atoms with Gasteiger partial charge >= 0.3 is 0 Å². The Hall–Kier alpha value is -4.88. The number of nitrogens with zero attached hydrogens (tertiary/aromatic N) is 1. The van der Waals surface area contributed by atoms with Gasteiger partial charge in [0, 0.05) is 22.5 Å². The van der Waals surface area contributed by atoms with E-state index in [0.29, 0.717) is 0 Å². The van der Waals surface area contributed by atoms with Crippen LogP contribution in [0.5, 0.6) is 0 Å². The third-order valence-electron chi connectivity index (χ3n) is 15.3. The first-order valence-electron chi connectivity index (χ1n) is 21.1. The minimum Gasteiger partial charge on any atom is -0.310 e. The molecule has 0 aromatic heterocycles. The Morgan fingerprint density at radius 2 is 0.927 bits per heavy atom. The quantitative estimate of drug-likeness (QED) is 0.172. The lowest BCUT2D eigenvalue weighted by atomic mass is 9.43. The molecule has 0 heterocycles. The molecule has 274 valence electrons. The Kier molecular flexibility index (Phi) is 7.34. The standard InChI is InChI=1S/C54H53N/c1-52(2)25-26-53(3,4)51-34-45(22-24-49(51)52)55(43-19-17-38(18-20-43)40-14-10-13-39(32-40)37-11-6-5-7-12-37)44-21-23-47-46-15-8-9-16-48(46)54(50(47)33-44)41-28-35-27-36(30-41)31-42(54)29-35/h5-24,32-36,41-42H,25-31H2,1-4H3. The number of anilines is 3. The second-order valence-electron chi connectivity index (χ2n) is 19.3. The van der Waals surface area contributed by atoms with E-state index in [0.717, 1.165) is 23.7 Å². The highest BCUT2D eigenvalue weighted by Gasteiger charge is 2.61. The topological polar surface area (TPSA) is 3.24 Å². The lowest BCUT2D eigenvalue weighted by Gasteiger charge is -2.61. The molecule has 4 bridgehead atoms. The van der Waals surface area contributed by atoms with Crippen LogP contribution in [0.25, 0.3) is 33.4 Å². The second kappa shape index (κ2) is 12.1. The maximum Gasteiger partial charge on any atom is 0.0465 e. The van der Waals surface area contributed by atoms with Crippen LogP contribution in [0, 0.1) is 23.7 Å². The van der Waals surface area contributed by atoms with Crippen molar-refractivity contribution in [2.75, 3.05) is 4.90 Å². The van der Waals surface area contributed by atoms with E-state index >= 15 is 0 Å². The molecule has 6 aromatic carbocycles. The summed E-state index contributed by atoms with van der Waals surface area (Å²) < 4.78 is 0. The minimum absolute atomic E-state index is 0.129. The number of fused-ring (bicyclic) bond motifs is 4. The van der Waals surface area contributed by atoms with Crippen LogP contribution >= 0.6 is 0 Å². The molecule has 1 nitrogen and oxygen atoms in total. The lowest BCUT2D eigenvalue weighted by molar-refractivity contribution is -0.0399. The summed E-state index contributed by atoms with van der Waals surface area (Å²) in [7, 11) is 0. The predicted molar refractivity (Wildman–Crippen MR) is 231 cm³/mol. The summed E-state index contributed by atoms with van der Waals surface area (Å²) in [6, 6.07) is 53.6. The van der Waals surface area contributed by atoms with E-state index in [9.17, 15) is 0 Å². The fraction of sp³-hybridized carbons (Fsp3) is 0.333. The molecule has 6 aliphatic rings. The zero-order chi connectivity index (χ0) is 37.1. The zero-order valence-electron chi connectivity index (χ0n) is 33.0. The van der Waals surface area contributed by atoms with Crippen molar-refractivity contribution in [1.82, 2.24) is 0 Å². The van der Waals surface area contributed by atoms with Crippen molar-refractivity contribution in [1.29, 1.82) is 0 Å². The Labute approximate surface area is 328 Å². The molecule has 0 amide bonds. The average Bonchev–Trinajstić information content (AvgIpc) is 3.49.